The van der Waals surface area contributed by atoms with Crippen LogP contribution in [0.4, 0.5) is 5.69 Å². The molecule has 0 bridgehead atoms. The average molecular weight is 393 g/mol. The number of para-hydroxylation sites is 2. The second-order valence-corrected chi connectivity index (χ2v) is 7.85. The number of amides is 1. The lowest BCUT2D eigenvalue weighted by atomic mass is 10.1. The van der Waals surface area contributed by atoms with Crippen molar-refractivity contribution < 1.29 is 14.3 Å². The van der Waals surface area contributed by atoms with Gasteiger partial charge in [0.25, 0.3) is 0 Å². The summed E-state index contributed by atoms with van der Waals surface area (Å²) in [5.41, 5.74) is 1.70. The summed E-state index contributed by atoms with van der Waals surface area (Å²) in [6.45, 7) is 8.12. The van der Waals surface area contributed by atoms with Gasteiger partial charge in [-0.1, -0.05) is 26.0 Å². The smallest absolute Gasteiger partial charge is 0.225 e. The Morgan fingerprint density at radius 1 is 1.17 bits per heavy atom. The normalized spacial score (nSPS) is 18.4. The van der Waals surface area contributed by atoms with Crippen LogP contribution >= 0.6 is 0 Å². The van der Waals surface area contributed by atoms with Crippen molar-refractivity contribution in [3.8, 4) is 17.2 Å². The highest BCUT2D eigenvalue weighted by Crippen LogP contribution is 2.39. The Hall–Kier alpha value is -3.02. The topological polar surface area (TPSA) is 54.4 Å². The van der Waals surface area contributed by atoms with E-state index in [-0.39, 0.29) is 17.9 Å². The van der Waals surface area contributed by atoms with Crippen molar-refractivity contribution in [3.05, 3.63) is 48.0 Å². The molecular weight excluding hydrogens is 366 g/mol. The predicted octanol–water partition coefficient (Wildman–Crippen LogP) is 4.07. The molecule has 2 aromatic carbocycles. The van der Waals surface area contributed by atoms with Gasteiger partial charge in [-0.05, 0) is 37.3 Å². The molecule has 0 N–H and O–H groups in total. The molecule has 1 amide bonds. The second-order valence-electron chi connectivity index (χ2n) is 7.85. The van der Waals surface area contributed by atoms with E-state index in [1.54, 1.807) is 7.11 Å². The number of piperazine rings is 1. The Morgan fingerprint density at radius 2 is 1.97 bits per heavy atom. The maximum absolute atomic E-state index is 12.5. The van der Waals surface area contributed by atoms with Crippen LogP contribution in [0.15, 0.2) is 47.5 Å². The van der Waals surface area contributed by atoms with Crippen LogP contribution in [0.3, 0.4) is 0 Å². The van der Waals surface area contributed by atoms with Crippen molar-refractivity contribution in [2.45, 2.75) is 26.8 Å². The fraction of sp³-hybridized carbons (Fsp3) is 0.391. The summed E-state index contributed by atoms with van der Waals surface area (Å²) in [5, 5.41) is 0. The molecule has 0 saturated carbocycles. The molecule has 6 heteroatoms. The standard InChI is InChI=1S/C23H27N3O3/c1-15(2)23(27)26-12-11-25(14-16(26)3)22-18-13-17(28-4)9-10-20(18)29-21-8-6-5-7-19(21)24-22/h5-10,13,15-16H,11-12,14H2,1-4H3/t16-/m1/s1. The van der Waals surface area contributed by atoms with Gasteiger partial charge in [0.1, 0.15) is 23.0 Å². The number of fused-ring (bicyclic) bond motifs is 2. The maximum Gasteiger partial charge on any atom is 0.225 e. The lowest BCUT2D eigenvalue weighted by Gasteiger charge is -2.42. The molecule has 2 aliphatic rings. The summed E-state index contributed by atoms with van der Waals surface area (Å²) in [7, 11) is 1.66. The van der Waals surface area contributed by atoms with Crippen molar-refractivity contribution in [3.63, 3.8) is 0 Å². The van der Waals surface area contributed by atoms with Crippen LogP contribution in [0.1, 0.15) is 26.3 Å². The van der Waals surface area contributed by atoms with E-state index >= 15 is 0 Å². The molecule has 0 aliphatic carbocycles. The molecule has 1 fully saturated rings. The van der Waals surface area contributed by atoms with Gasteiger partial charge in [-0.3, -0.25) is 4.79 Å². The molecule has 152 valence electrons. The number of amidine groups is 1. The number of aliphatic imine (C=N–C) groups is 1. The number of ether oxygens (including phenoxy) is 2. The summed E-state index contributed by atoms with van der Waals surface area (Å²) in [4.78, 5) is 21.7. The first-order valence-electron chi connectivity index (χ1n) is 10.1. The Labute approximate surface area is 171 Å². The number of hydrogen-bond donors (Lipinski definition) is 0. The van der Waals surface area contributed by atoms with Gasteiger partial charge in [-0.2, -0.15) is 0 Å². The molecule has 2 aromatic rings. The molecule has 2 heterocycles. The van der Waals surface area contributed by atoms with Gasteiger partial charge in [-0.15, -0.1) is 0 Å². The molecule has 29 heavy (non-hydrogen) atoms. The monoisotopic (exact) mass is 393 g/mol. The highest BCUT2D eigenvalue weighted by Gasteiger charge is 2.32. The second kappa shape index (κ2) is 7.78. The van der Waals surface area contributed by atoms with Crippen molar-refractivity contribution in [2.24, 2.45) is 10.9 Å². The quantitative estimate of drug-likeness (QED) is 0.772. The summed E-state index contributed by atoms with van der Waals surface area (Å²) < 4.78 is 11.6. The van der Waals surface area contributed by atoms with Gasteiger partial charge < -0.3 is 19.3 Å². The van der Waals surface area contributed by atoms with E-state index in [2.05, 4.69) is 11.8 Å². The van der Waals surface area contributed by atoms with Gasteiger partial charge in [0.2, 0.25) is 5.91 Å². The zero-order valence-corrected chi connectivity index (χ0v) is 17.4. The molecule has 2 aliphatic heterocycles. The average Bonchev–Trinajstić information content (AvgIpc) is 2.89. The Kier molecular flexibility index (Phi) is 5.18. The molecule has 4 rings (SSSR count). The third kappa shape index (κ3) is 3.67. The number of methoxy groups -OCH3 is 1. The van der Waals surface area contributed by atoms with Crippen LogP contribution in [-0.2, 0) is 4.79 Å². The molecule has 0 radical (unpaired) electrons. The van der Waals surface area contributed by atoms with Crippen molar-refractivity contribution in [1.82, 2.24) is 9.80 Å². The van der Waals surface area contributed by atoms with Crippen LogP contribution in [-0.4, -0.2) is 54.3 Å². The third-order valence-electron chi connectivity index (χ3n) is 5.44. The van der Waals surface area contributed by atoms with Gasteiger partial charge in [-0.25, -0.2) is 4.99 Å². The highest BCUT2D eigenvalue weighted by molar-refractivity contribution is 6.04. The summed E-state index contributed by atoms with van der Waals surface area (Å²) in [6, 6.07) is 13.7. The van der Waals surface area contributed by atoms with Crippen molar-refractivity contribution >= 4 is 17.4 Å². The lowest BCUT2D eigenvalue weighted by molar-refractivity contribution is -0.138. The number of nitrogens with zero attached hydrogens (tertiary/aromatic N) is 3. The Morgan fingerprint density at radius 3 is 2.69 bits per heavy atom. The fourth-order valence-electron chi connectivity index (χ4n) is 3.88. The first kappa shape index (κ1) is 19.3. The van der Waals surface area contributed by atoms with Crippen LogP contribution in [0, 0.1) is 5.92 Å². The molecular formula is C23H27N3O3. The van der Waals surface area contributed by atoms with E-state index < -0.39 is 0 Å². The minimum Gasteiger partial charge on any atom is -0.497 e. The number of benzene rings is 2. The lowest BCUT2D eigenvalue weighted by Crippen LogP contribution is -2.56. The van der Waals surface area contributed by atoms with Crippen molar-refractivity contribution in [2.75, 3.05) is 26.7 Å². The van der Waals surface area contributed by atoms with Gasteiger partial charge >= 0.3 is 0 Å². The van der Waals surface area contributed by atoms with Gasteiger partial charge in [0, 0.05) is 31.6 Å². The number of rotatable bonds is 2. The van der Waals surface area contributed by atoms with Crippen LogP contribution in [0.25, 0.3) is 0 Å². The van der Waals surface area contributed by atoms with Crippen LogP contribution in [0.5, 0.6) is 17.2 Å². The minimum atomic E-state index is 0.00415. The van der Waals surface area contributed by atoms with E-state index in [4.69, 9.17) is 14.5 Å². The fourth-order valence-corrected chi connectivity index (χ4v) is 3.88. The molecule has 0 aromatic heterocycles. The Balaban J connectivity index is 1.72. The van der Waals surface area contributed by atoms with Crippen molar-refractivity contribution in [1.29, 1.82) is 0 Å². The molecule has 1 saturated heterocycles. The van der Waals surface area contributed by atoms with E-state index in [9.17, 15) is 4.79 Å². The zero-order chi connectivity index (χ0) is 20.5. The summed E-state index contributed by atoms with van der Waals surface area (Å²) in [5.74, 6) is 3.30. The summed E-state index contributed by atoms with van der Waals surface area (Å²) >= 11 is 0. The van der Waals surface area contributed by atoms with Gasteiger partial charge in [0.05, 0.1) is 12.7 Å². The largest absolute Gasteiger partial charge is 0.497 e. The van der Waals surface area contributed by atoms with Crippen LogP contribution < -0.4 is 9.47 Å². The molecule has 0 spiro atoms. The molecule has 0 unspecified atom stereocenters. The first-order valence-corrected chi connectivity index (χ1v) is 10.1. The first-order chi connectivity index (χ1) is 14.0. The molecule has 1 atom stereocenters. The highest BCUT2D eigenvalue weighted by atomic mass is 16.5. The number of carbonyl (C=O) groups excluding carboxylic acids is 1. The van der Waals surface area contributed by atoms with E-state index in [1.165, 1.54) is 0 Å². The van der Waals surface area contributed by atoms with E-state index in [1.807, 2.05) is 61.2 Å². The zero-order valence-electron chi connectivity index (χ0n) is 17.4. The molecule has 6 nitrogen and oxygen atoms in total. The van der Waals surface area contributed by atoms with Crippen LogP contribution in [0.2, 0.25) is 0 Å². The predicted molar refractivity (Wildman–Crippen MR) is 113 cm³/mol. The SMILES string of the molecule is COc1ccc2c(c1)C(N1CCN(C(=O)C(C)C)[C@H](C)C1)=Nc1ccccc1O2. The Bertz CT molecular complexity index is 954. The summed E-state index contributed by atoms with van der Waals surface area (Å²) in [6.07, 6.45) is 0. The van der Waals surface area contributed by atoms with E-state index in [0.29, 0.717) is 6.54 Å². The number of carbonyl (C=O) groups is 1. The van der Waals surface area contributed by atoms with Gasteiger partial charge in [0.15, 0.2) is 5.75 Å². The number of hydrogen-bond acceptors (Lipinski definition) is 5. The minimum absolute atomic E-state index is 0.00415. The maximum atomic E-state index is 12.5. The third-order valence-corrected chi connectivity index (χ3v) is 5.44. The van der Waals surface area contributed by atoms with E-state index in [0.717, 1.165) is 47.4 Å².